The number of aliphatic hydroxyl groups excluding tert-OH is 10. The van der Waals surface area contributed by atoms with Crippen molar-refractivity contribution in [1.82, 2.24) is 16.0 Å². The fourth-order valence-electron chi connectivity index (χ4n) is 6.81. The summed E-state index contributed by atoms with van der Waals surface area (Å²) in [6.45, 7) is -0.0467. The third kappa shape index (κ3) is 9.79. The molecule has 4 aliphatic rings. The standard InChI is InChI=1S/C30H52N4O20/c1-8(39)32-16-21(44)24(12(5-36)48-27(16)47)53-29-18(34-10(3)41)23(46)26(14(7-38)51-29)54-30-17(33-9(2)40)22(45)25(13(6-37)50-30)52-28-15(31)20(43)19(42)11(4-35)49-28/h11-30,35-38,42-47H,4-7,31H2,1-3H3,(H,32,39)(H,33,40)(H,34,41)/t11?,12-,13-,14?,15?,16?,17?,18?,19+,20+,21?,22?,23+,24+,25+,26+,27?,28-,29-,30-/m0/s1. The molecule has 4 heterocycles. The minimum atomic E-state index is -1.87. The molecule has 24 nitrogen and oxygen atoms in total. The monoisotopic (exact) mass is 788 g/mol. The lowest BCUT2D eigenvalue weighted by molar-refractivity contribution is -0.361. The van der Waals surface area contributed by atoms with Crippen molar-refractivity contribution < 1.29 is 98.6 Å². The van der Waals surface area contributed by atoms with Gasteiger partial charge in [0, 0.05) is 20.8 Å². The van der Waals surface area contributed by atoms with E-state index in [1.807, 2.05) is 0 Å². The van der Waals surface area contributed by atoms with Crippen molar-refractivity contribution in [3.8, 4) is 0 Å². The number of nitrogens with two attached hydrogens (primary N) is 1. The van der Waals surface area contributed by atoms with Crippen LogP contribution in [-0.2, 0) is 47.5 Å². The van der Waals surface area contributed by atoms with E-state index in [0.717, 1.165) is 20.8 Å². The second-order valence-electron chi connectivity index (χ2n) is 13.4. The zero-order valence-electron chi connectivity index (χ0n) is 29.5. The Morgan fingerprint density at radius 2 is 0.833 bits per heavy atom. The van der Waals surface area contributed by atoms with Gasteiger partial charge in [-0.15, -0.1) is 0 Å². The van der Waals surface area contributed by atoms with Gasteiger partial charge in [-0.1, -0.05) is 0 Å². The summed E-state index contributed by atoms with van der Waals surface area (Å²) in [4.78, 5) is 36.3. The van der Waals surface area contributed by atoms with E-state index in [-0.39, 0.29) is 0 Å². The maximum atomic E-state index is 12.3. The van der Waals surface area contributed by atoms with E-state index in [2.05, 4.69) is 16.0 Å². The summed E-state index contributed by atoms with van der Waals surface area (Å²) < 4.78 is 40.3. The largest absolute Gasteiger partial charge is 0.394 e. The van der Waals surface area contributed by atoms with Crippen molar-refractivity contribution >= 4 is 17.7 Å². The maximum absolute atomic E-state index is 12.3. The fourth-order valence-corrected chi connectivity index (χ4v) is 6.81. The molecule has 4 saturated heterocycles. The molecule has 3 amide bonds. The molecular formula is C30H52N4O20. The molecule has 0 aliphatic carbocycles. The summed E-state index contributed by atoms with van der Waals surface area (Å²) in [6.07, 6.45) is -26.1. The lowest BCUT2D eigenvalue weighted by Crippen LogP contribution is -2.71. The lowest BCUT2D eigenvalue weighted by Gasteiger charge is -2.50. The number of hydrogen-bond acceptors (Lipinski definition) is 21. The van der Waals surface area contributed by atoms with Crippen molar-refractivity contribution in [2.45, 2.75) is 143 Å². The van der Waals surface area contributed by atoms with Gasteiger partial charge in [0.2, 0.25) is 17.7 Å². The molecule has 0 aromatic heterocycles. The maximum Gasteiger partial charge on any atom is 0.217 e. The molecule has 4 fully saturated rings. The predicted octanol–water partition coefficient (Wildman–Crippen LogP) is -9.35. The quantitative estimate of drug-likeness (QED) is 0.0824. The van der Waals surface area contributed by atoms with E-state index >= 15 is 0 Å². The van der Waals surface area contributed by atoms with E-state index < -0.39 is 167 Å². The van der Waals surface area contributed by atoms with Crippen LogP contribution in [0, 0.1) is 0 Å². The number of ether oxygens (including phenoxy) is 7. The number of aliphatic hydroxyl groups is 10. The average molecular weight is 789 g/mol. The number of rotatable bonds is 13. The second-order valence-corrected chi connectivity index (χ2v) is 13.4. The summed E-state index contributed by atoms with van der Waals surface area (Å²) in [6, 6.07) is -6.00. The second kappa shape index (κ2) is 19.2. The zero-order valence-corrected chi connectivity index (χ0v) is 29.5. The van der Waals surface area contributed by atoms with Crippen molar-refractivity contribution in [2.24, 2.45) is 5.73 Å². The first-order chi connectivity index (χ1) is 25.5. The van der Waals surface area contributed by atoms with Gasteiger partial charge in [0.25, 0.3) is 0 Å². The topological polar surface area (TPSA) is 380 Å². The van der Waals surface area contributed by atoms with Crippen LogP contribution in [-0.4, -0.2) is 218 Å². The van der Waals surface area contributed by atoms with Gasteiger partial charge in [0.1, 0.15) is 91.4 Å². The van der Waals surface area contributed by atoms with Crippen LogP contribution in [0.3, 0.4) is 0 Å². The summed E-state index contributed by atoms with van der Waals surface area (Å²) in [5, 5.41) is 112. The summed E-state index contributed by atoms with van der Waals surface area (Å²) in [5.41, 5.74) is 5.98. The van der Waals surface area contributed by atoms with Crippen LogP contribution in [0.1, 0.15) is 20.8 Å². The summed E-state index contributed by atoms with van der Waals surface area (Å²) >= 11 is 0. The van der Waals surface area contributed by atoms with Gasteiger partial charge in [-0.05, 0) is 0 Å². The van der Waals surface area contributed by atoms with Crippen LogP contribution < -0.4 is 21.7 Å². The molecule has 0 aromatic carbocycles. The first-order valence-corrected chi connectivity index (χ1v) is 17.1. The molecule has 0 aromatic rings. The molecule has 20 atom stereocenters. The molecule has 24 heteroatoms. The fraction of sp³-hybridized carbons (Fsp3) is 0.900. The van der Waals surface area contributed by atoms with Gasteiger partial charge >= 0.3 is 0 Å². The van der Waals surface area contributed by atoms with Crippen LogP contribution in [0.25, 0.3) is 0 Å². The van der Waals surface area contributed by atoms with Gasteiger partial charge in [-0.25, -0.2) is 0 Å². The van der Waals surface area contributed by atoms with Crippen molar-refractivity contribution in [3.63, 3.8) is 0 Å². The molecular weight excluding hydrogens is 736 g/mol. The Kier molecular flexibility index (Phi) is 15.8. The van der Waals surface area contributed by atoms with Crippen LogP contribution in [0.15, 0.2) is 0 Å². The van der Waals surface area contributed by atoms with E-state index in [0.29, 0.717) is 0 Å². The Balaban J connectivity index is 1.59. The first kappa shape index (κ1) is 44.4. The molecule has 4 rings (SSSR count). The Hall–Kier alpha value is -2.31. The smallest absolute Gasteiger partial charge is 0.217 e. The van der Waals surface area contributed by atoms with E-state index in [1.54, 1.807) is 0 Å². The number of hydrogen-bond donors (Lipinski definition) is 14. The molecule has 0 bridgehead atoms. The minimum absolute atomic E-state index is 0.655. The van der Waals surface area contributed by atoms with Gasteiger partial charge in [-0.2, -0.15) is 0 Å². The first-order valence-electron chi connectivity index (χ1n) is 17.1. The highest BCUT2D eigenvalue weighted by atomic mass is 16.8. The number of carbonyl (C=O) groups is 3. The van der Waals surface area contributed by atoms with Gasteiger partial charge in [-0.3, -0.25) is 14.4 Å². The van der Waals surface area contributed by atoms with E-state index in [1.165, 1.54) is 0 Å². The van der Waals surface area contributed by atoms with Crippen LogP contribution in [0.4, 0.5) is 0 Å². The molecule has 0 saturated carbocycles. The lowest BCUT2D eigenvalue weighted by atomic mass is 9.93. The summed E-state index contributed by atoms with van der Waals surface area (Å²) in [5.74, 6) is -2.11. The highest BCUT2D eigenvalue weighted by Crippen LogP contribution is 2.34. The van der Waals surface area contributed by atoms with Crippen LogP contribution >= 0.6 is 0 Å². The average Bonchev–Trinajstić information content (AvgIpc) is 3.12. The van der Waals surface area contributed by atoms with Crippen molar-refractivity contribution in [1.29, 1.82) is 0 Å². The van der Waals surface area contributed by atoms with Crippen LogP contribution in [0.5, 0.6) is 0 Å². The number of nitrogens with one attached hydrogen (secondary N) is 3. The van der Waals surface area contributed by atoms with Crippen molar-refractivity contribution in [2.75, 3.05) is 26.4 Å². The van der Waals surface area contributed by atoms with Gasteiger partial charge in [0.05, 0.1) is 32.5 Å². The van der Waals surface area contributed by atoms with E-state index in [4.69, 9.17) is 38.9 Å². The Bertz CT molecular complexity index is 1260. The predicted molar refractivity (Wildman–Crippen MR) is 171 cm³/mol. The molecule has 312 valence electrons. The van der Waals surface area contributed by atoms with Gasteiger partial charge in [0.15, 0.2) is 25.2 Å². The Morgan fingerprint density at radius 3 is 1.22 bits per heavy atom. The summed E-state index contributed by atoms with van der Waals surface area (Å²) in [7, 11) is 0. The van der Waals surface area contributed by atoms with Crippen molar-refractivity contribution in [3.05, 3.63) is 0 Å². The third-order valence-corrected chi connectivity index (χ3v) is 9.49. The van der Waals surface area contributed by atoms with Gasteiger partial charge < -0.3 is 106 Å². The molecule has 9 unspecified atom stereocenters. The third-order valence-electron chi connectivity index (χ3n) is 9.49. The molecule has 4 aliphatic heterocycles. The normalized spacial score (nSPS) is 45.7. The minimum Gasteiger partial charge on any atom is -0.394 e. The molecule has 0 radical (unpaired) electrons. The SMILES string of the molecule is CC(=O)NC1C(O)O[C@@H](CO)[C@@H](O[C@@H]2OC(CO)[C@@H](O[C@@H]3O[C@@H](CO)[C@@H](O[C@@H]4OC(CO)[C@@H](O)[C@H](O)C4N)C(O)C3NC(C)=O)[C@H](O)C2NC(C)=O)C1O. The highest BCUT2D eigenvalue weighted by Gasteiger charge is 2.56. The molecule has 54 heavy (non-hydrogen) atoms. The van der Waals surface area contributed by atoms with Crippen LogP contribution in [0.2, 0.25) is 0 Å². The molecule has 0 spiro atoms. The van der Waals surface area contributed by atoms with E-state index in [9.17, 15) is 65.4 Å². The Morgan fingerprint density at radius 1 is 0.500 bits per heavy atom. The number of amides is 3. The Labute approximate surface area is 308 Å². The zero-order chi connectivity index (χ0) is 40.2. The highest BCUT2D eigenvalue weighted by molar-refractivity contribution is 5.74. The molecule has 15 N–H and O–H groups in total. The number of carbonyl (C=O) groups excluding carboxylic acids is 3.